The first kappa shape index (κ1) is 19.2. The van der Waals surface area contributed by atoms with Crippen molar-refractivity contribution in [3.63, 3.8) is 0 Å². The summed E-state index contributed by atoms with van der Waals surface area (Å²) in [6, 6.07) is 6.49. The SMILES string of the molecule is Cc1cncc(C(=O)CC23CC4CC(C2)CC(NC(=O)c2cccc(O)c2)(C4)C3)n1. The average Bonchev–Trinajstić information content (AvgIpc) is 2.66. The molecule has 4 aliphatic rings. The summed E-state index contributed by atoms with van der Waals surface area (Å²) in [6.07, 6.45) is 9.80. The molecule has 0 spiro atoms. The molecule has 0 saturated heterocycles. The second kappa shape index (κ2) is 6.89. The first-order chi connectivity index (χ1) is 14.3. The van der Waals surface area contributed by atoms with E-state index in [2.05, 4.69) is 15.3 Å². The van der Waals surface area contributed by atoms with Crippen molar-refractivity contribution in [2.45, 2.75) is 57.4 Å². The Morgan fingerprint density at radius 2 is 1.93 bits per heavy atom. The van der Waals surface area contributed by atoms with E-state index in [1.807, 2.05) is 6.92 Å². The van der Waals surface area contributed by atoms with E-state index < -0.39 is 0 Å². The minimum atomic E-state index is -0.259. The quantitative estimate of drug-likeness (QED) is 0.738. The van der Waals surface area contributed by atoms with Crippen molar-refractivity contribution in [3.8, 4) is 5.75 Å². The van der Waals surface area contributed by atoms with E-state index in [1.165, 1.54) is 12.5 Å². The maximum atomic E-state index is 13.0. The number of hydrogen-bond donors (Lipinski definition) is 2. The second-order valence-electron chi connectivity index (χ2n) is 9.89. The molecule has 6 rings (SSSR count). The molecule has 4 saturated carbocycles. The highest BCUT2D eigenvalue weighted by atomic mass is 16.3. The van der Waals surface area contributed by atoms with Crippen molar-refractivity contribution in [1.82, 2.24) is 15.3 Å². The second-order valence-corrected chi connectivity index (χ2v) is 9.89. The van der Waals surface area contributed by atoms with Gasteiger partial charge in [-0.1, -0.05) is 6.07 Å². The summed E-state index contributed by atoms with van der Waals surface area (Å²) in [5.74, 6) is 1.11. The maximum Gasteiger partial charge on any atom is 0.251 e. The van der Waals surface area contributed by atoms with Crippen LogP contribution >= 0.6 is 0 Å². The number of carbonyl (C=O) groups is 2. The molecular formula is C24H27N3O3. The smallest absolute Gasteiger partial charge is 0.251 e. The fourth-order valence-electron chi connectivity index (χ4n) is 6.79. The third kappa shape index (κ3) is 3.48. The Bertz CT molecular complexity index is 927. The highest BCUT2D eigenvalue weighted by molar-refractivity contribution is 5.95. The molecule has 2 unspecified atom stereocenters. The van der Waals surface area contributed by atoms with Crippen LogP contribution in [0.25, 0.3) is 0 Å². The average molecular weight is 405 g/mol. The number of ketones is 1. The van der Waals surface area contributed by atoms with Gasteiger partial charge in [0.1, 0.15) is 11.4 Å². The number of phenols is 1. The predicted octanol–water partition coefficient (Wildman–Crippen LogP) is 3.83. The van der Waals surface area contributed by atoms with Gasteiger partial charge in [-0.15, -0.1) is 0 Å². The van der Waals surface area contributed by atoms with Crippen molar-refractivity contribution in [3.05, 3.63) is 53.6 Å². The van der Waals surface area contributed by atoms with Gasteiger partial charge in [0.15, 0.2) is 5.78 Å². The fourth-order valence-corrected chi connectivity index (χ4v) is 6.79. The lowest BCUT2D eigenvalue weighted by atomic mass is 9.46. The zero-order chi connectivity index (χ0) is 20.9. The van der Waals surface area contributed by atoms with Crippen LogP contribution in [-0.4, -0.2) is 32.3 Å². The molecule has 2 N–H and O–H groups in total. The zero-order valence-corrected chi connectivity index (χ0v) is 17.2. The van der Waals surface area contributed by atoms with Crippen molar-refractivity contribution in [1.29, 1.82) is 0 Å². The van der Waals surface area contributed by atoms with E-state index in [1.54, 1.807) is 30.6 Å². The number of Topliss-reactive ketones (excluding diaryl/α,β-unsaturated/α-hetero) is 1. The van der Waals surface area contributed by atoms with Gasteiger partial charge in [0.2, 0.25) is 0 Å². The molecule has 4 fully saturated rings. The zero-order valence-electron chi connectivity index (χ0n) is 17.2. The summed E-state index contributed by atoms with van der Waals surface area (Å²) in [5.41, 5.74) is 1.35. The third-order valence-electron chi connectivity index (χ3n) is 7.25. The Balaban J connectivity index is 1.38. The predicted molar refractivity (Wildman–Crippen MR) is 111 cm³/mol. The first-order valence-corrected chi connectivity index (χ1v) is 10.8. The van der Waals surface area contributed by atoms with Crippen molar-refractivity contribution in [2.24, 2.45) is 17.3 Å². The van der Waals surface area contributed by atoms with E-state index in [4.69, 9.17) is 0 Å². The normalized spacial score (nSPS) is 31.5. The lowest BCUT2D eigenvalue weighted by Crippen LogP contribution is -2.63. The molecule has 6 nitrogen and oxygen atoms in total. The number of phenolic OH excluding ortho intramolecular Hbond substituents is 1. The maximum absolute atomic E-state index is 13.0. The van der Waals surface area contributed by atoms with Crippen LogP contribution in [0, 0.1) is 24.2 Å². The van der Waals surface area contributed by atoms with Crippen LogP contribution in [0.2, 0.25) is 0 Å². The highest BCUT2D eigenvalue weighted by Crippen LogP contribution is 2.63. The largest absolute Gasteiger partial charge is 0.508 e. The summed E-state index contributed by atoms with van der Waals surface area (Å²) >= 11 is 0. The Kier molecular flexibility index (Phi) is 4.42. The van der Waals surface area contributed by atoms with Crippen molar-refractivity contribution in [2.75, 3.05) is 0 Å². The summed E-state index contributed by atoms with van der Waals surface area (Å²) in [7, 11) is 0. The van der Waals surface area contributed by atoms with Crippen molar-refractivity contribution < 1.29 is 14.7 Å². The molecule has 1 aromatic carbocycles. The number of aromatic hydroxyl groups is 1. The van der Waals surface area contributed by atoms with E-state index >= 15 is 0 Å². The van der Waals surface area contributed by atoms with Gasteiger partial charge in [0.25, 0.3) is 5.91 Å². The Morgan fingerprint density at radius 3 is 2.63 bits per heavy atom. The van der Waals surface area contributed by atoms with Crippen LogP contribution in [0.1, 0.15) is 71.5 Å². The van der Waals surface area contributed by atoms with Crippen molar-refractivity contribution >= 4 is 11.7 Å². The van der Waals surface area contributed by atoms with Crippen LogP contribution in [-0.2, 0) is 0 Å². The van der Waals surface area contributed by atoms with Gasteiger partial charge in [-0.3, -0.25) is 14.6 Å². The minimum Gasteiger partial charge on any atom is -0.508 e. The number of rotatable bonds is 5. The lowest BCUT2D eigenvalue weighted by Gasteiger charge is -2.62. The molecule has 30 heavy (non-hydrogen) atoms. The summed E-state index contributed by atoms with van der Waals surface area (Å²) in [5, 5.41) is 13.1. The molecule has 2 aromatic rings. The first-order valence-electron chi connectivity index (χ1n) is 10.8. The molecule has 0 radical (unpaired) electrons. The molecule has 156 valence electrons. The number of nitrogens with zero attached hydrogens (tertiary/aromatic N) is 2. The summed E-state index contributed by atoms with van der Waals surface area (Å²) in [4.78, 5) is 34.5. The van der Waals surface area contributed by atoms with E-state index in [-0.39, 0.29) is 28.4 Å². The van der Waals surface area contributed by atoms with Gasteiger partial charge >= 0.3 is 0 Å². The van der Waals surface area contributed by atoms with Crippen LogP contribution in [0.15, 0.2) is 36.7 Å². The Hall–Kier alpha value is -2.76. The molecule has 6 heteroatoms. The molecule has 0 aliphatic heterocycles. The van der Waals surface area contributed by atoms with Gasteiger partial charge in [-0.05, 0) is 80.9 Å². The number of carbonyl (C=O) groups excluding carboxylic acids is 2. The number of hydrogen-bond acceptors (Lipinski definition) is 5. The monoisotopic (exact) mass is 405 g/mol. The van der Waals surface area contributed by atoms with E-state index in [9.17, 15) is 14.7 Å². The number of amides is 1. The van der Waals surface area contributed by atoms with Gasteiger partial charge in [0.05, 0.1) is 11.9 Å². The molecule has 4 bridgehead atoms. The number of aryl methyl sites for hydroxylation is 1. The van der Waals surface area contributed by atoms with Crippen LogP contribution in [0.5, 0.6) is 5.75 Å². The van der Waals surface area contributed by atoms with Gasteiger partial charge in [-0.25, -0.2) is 4.98 Å². The minimum absolute atomic E-state index is 0.0580. The number of aromatic nitrogens is 2. The third-order valence-corrected chi connectivity index (χ3v) is 7.25. The van der Waals surface area contributed by atoms with E-state index in [0.717, 1.165) is 37.8 Å². The topological polar surface area (TPSA) is 92.2 Å². The Morgan fingerprint density at radius 1 is 1.17 bits per heavy atom. The number of nitrogens with one attached hydrogen (secondary N) is 1. The standard InChI is InChI=1S/C24H27N3O3/c1-15-12-25-13-20(26-15)21(29)11-23-7-16-5-17(8-23)10-24(9-16,14-23)27-22(30)18-3-2-4-19(28)6-18/h2-4,6,12-13,16-17,28H,5,7-11,14H2,1H3,(H,27,30). The molecule has 4 aliphatic carbocycles. The molecule has 1 amide bonds. The molecule has 2 atom stereocenters. The lowest BCUT2D eigenvalue weighted by molar-refractivity contribution is -0.0771. The van der Waals surface area contributed by atoms with Gasteiger partial charge < -0.3 is 10.4 Å². The summed E-state index contributed by atoms with van der Waals surface area (Å²) in [6.45, 7) is 1.85. The highest BCUT2D eigenvalue weighted by Gasteiger charge is 2.58. The van der Waals surface area contributed by atoms with E-state index in [0.29, 0.717) is 29.5 Å². The van der Waals surface area contributed by atoms with Crippen LogP contribution in [0.4, 0.5) is 0 Å². The van der Waals surface area contributed by atoms with Gasteiger partial charge in [0, 0.05) is 23.7 Å². The molecular weight excluding hydrogens is 378 g/mol. The summed E-state index contributed by atoms with van der Waals surface area (Å²) < 4.78 is 0. The molecule has 1 heterocycles. The van der Waals surface area contributed by atoms with Gasteiger partial charge in [-0.2, -0.15) is 0 Å². The fraction of sp³-hybridized carbons (Fsp3) is 0.500. The van der Waals surface area contributed by atoms with Crippen LogP contribution in [0.3, 0.4) is 0 Å². The molecule has 1 aromatic heterocycles. The number of benzene rings is 1. The van der Waals surface area contributed by atoms with Crippen LogP contribution < -0.4 is 5.32 Å². The Labute approximate surface area is 176 Å².